The van der Waals surface area contributed by atoms with Gasteiger partial charge in [-0.1, -0.05) is 6.07 Å². The summed E-state index contributed by atoms with van der Waals surface area (Å²) in [6.45, 7) is 0. The van der Waals surface area contributed by atoms with Gasteiger partial charge in [0.1, 0.15) is 4.21 Å². The summed E-state index contributed by atoms with van der Waals surface area (Å²) in [6.07, 6.45) is 3.12. The molecule has 0 bridgehead atoms. The van der Waals surface area contributed by atoms with Crippen LogP contribution in [0.4, 0.5) is 0 Å². The second kappa shape index (κ2) is 4.15. The van der Waals surface area contributed by atoms with Gasteiger partial charge in [0.2, 0.25) is 9.84 Å². The number of hydrogen-bond acceptors (Lipinski definition) is 5. The summed E-state index contributed by atoms with van der Waals surface area (Å²) in [7, 11) is -3.44. The van der Waals surface area contributed by atoms with E-state index in [1.807, 2.05) is 0 Å². The molecule has 0 aliphatic carbocycles. The van der Waals surface area contributed by atoms with Gasteiger partial charge in [0.05, 0.1) is 15.9 Å². The molecule has 18 heavy (non-hydrogen) atoms. The number of rotatable bonds is 2. The SMILES string of the molecule is O=S(=O)(c1ccc2nccnc2c1)c1cccs1. The maximum absolute atomic E-state index is 12.3. The molecule has 0 aliphatic heterocycles. The van der Waals surface area contributed by atoms with Gasteiger partial charge in [-0.05, 0) is 29.6 Å². The van der Waals surface area contributed by atoms with E-state index in [1.165, 1.54) is 11.3 Å². The molecule has 0 unspecified atom stereocenters. The van der Waals surface area contributed by atoms with Gasteiger partial charge >= 0.3 is 0 Å². The van der Waals surface area contributed by atoms with Gasteiger partial charge < -0.3 is 0 Å². The molecule has 0 aliphatic rings. The minimum absolute atomic E-state index is 0.248. The summed E-state index contributed by atoms with van der Waals surface area (Å²) in [5.74, 6) is 0. The van der Waals surface area contributed by atoms with Crippen molar-refractivity contribution in [3.63, 3.8) is 0 Å². The predicted molar refractivity (Wildman–Crippen MR) is 69.3 cm³/mol. The molecule has 0 fully saturated rings. The Labute approximate surface area is 108 Å². The van der Waals surface area contributed by atoms with Crippen LogP contribution in [0.15, 0.2) is 57.2 Å². The van der Waals surface area contributed by atoms with Crippen molar-refractivity contribution in [2.45, 2.75) is 9.10 Å². The highest BCUT2D eigenvalue weighted by Crippen LogP contribution is 2.26. The molecule has 0 amide bonds. The molecular weight excluding hydrogens is 268 g/mol. The molecule has 0 radical (unpaired) electrons. The van der Waals surface area contributed by atoms with Crippen molar-refractivity contribution >= 4 is 32.2 Å². The topological polar surface area (TPSA) is 59.9 Å². The molecule has 0 saturated heterocycles. The monoisotopic (exact) mass is 276 g/mol. The number of aromatic nitrogens is 2. The number of fused-ring (bicyclic) bond motifs is 1. The second-order valence-corrected chi connectivity index (χ2v) is 6.77. The average molecular weight is 276 g/mol. The molecule has 0 spiro atoms. The molecule has 0 atom stereocenters. The van der Waals surface area contributed by atoms with E-state index in [4.69, 9.17) is 0 Å². The molecule has 3 aromatic rings. The van der Waals surface area contributed by atoms with E-state index in [-0.39, 0.29) is 4.90 Å². The van der Waals surface area contributed by atoms with Crippen molar-refractivity contribution in [3.8, 4) is 0 Å². The summed E-state index contributed by atoms with van der Waals surface area (Å²) in [5.41, 5.74) is 1.26. The van der Waals surface area contributed by atoms with E-state index in [9.17, 15) is 8.42 Å². The Bertz CT molecular complexity index is 796. The summed E-state index contributed by atoms with van der Waals surface area (Å²) in [6, 6.07) is 8.10. The van der Waals surface area contributed by atoms with Crippen LogP contribution in [0.2, 0.25) is 0 Å². The molecule has 2 heterocycles. The third-order valence-corrected chi connectivity index (χ3v) is 5.66. The van der Waals surface area contributed by atoms with Crippen LogP contribution in [0, 0.1) is 0 Å². The predicted octanol–water partition coefficient (Wildman–Crippen LogP) is 2.52. The number of sulfone groups is 1. The van der Waals surface area contributed by atoms with Gasteiger partial charge in [0.25, 0.3) is 0 Å². The summed E-state index contributed by atoms with van der Waals surface area (Å²) < 4.78 is 24.9. The number of benzene rings is 1. The van der Waals surface area contributed by atoms with Gasteiger partial charge in [0, 0.05) is 12.4 Å². The highest BCUT2D eigenvalue weighted by molar-refractivity contribution is 7.93. The van der Waals surface area contributed by atoms with Gasteiger partial charge in [-0.25, -0.2) is 8.42 Å². The minimum Gasteiger partial charge on any atom is -0.253 e. The Morgan fingerprint density at radius 1 is 1.00 bits per heavy atom. The van der Waals surface area contributed by atoms with E-state index >= 15 is 0 Å². The third-order valence-electron chi connectivity index (χ3n) is 2.51. The lowest BCUT2D eigenvalue weighted by molar-refractivity contribution is 0.598. The van der Waals surface area contributed by atoms with Crippen LogP contribution in [-0.2, 0) is 9.84 Å². The first-order valence-corrected chi connectivity index (χ1v) is 7.53. The van der Waals surface area contributed by atoms with Crippen molar-refractivity contribution in [2.24, 2.45) is 0 Å². The quantitative estimate of drug-likeness (QED) is 0.721. The zero-order valence-electron chi connectivity index (χ0n) is 9.15. The molecule has 0 saturated carbocycles. The summed E-state index contributed by atoms with van der Waals surface area (Å²) >= 11 is 1.21. The fraction of sp³-hybridized carbons (Fsp3) is 0. The van der Waals surface area contributed by atoms with Crippen LogP contribution in [0.25, 0.3) is 11.0 Å². The van der Waals surface area contributed by atoms with Crippen molar-refractivity contribution in [2.75, 3.05) is 0 Å². The van der Waals surface area contributed by atoms with E-state index in [1.54, 1.807) is 48.1 Å². The van der Waals surface area contributed by atoms with Gasteiger partial charge in [-0.15, -0.1) is 11.3 Å². The Morgan fingerprint density at radius 2 is 1.78 bits per heavy atom. The molecular formula is C12H8N2O2S2. The largest absolute Gasteiger partial charge is 0.253 e. The zero-order chi connectivity index (χ0) is 12.6. The Hall–Kier alpha value is -1.79. The first kappa shape index (κ1) is 11.3. The zero-order valence-corrected chi connectivity index (χ0v) is 10.8. The van der Waals surface area contributed by atoms with E-state index in [2.05, 4.69) is 9.97 Å². The number of nitrogens with zero attached hydrogens (tertiary/aromatic N) is 2. The molecule has 90 valence electrons. The van der Waals surface area contributed by atoms with Crippen LogP contribution in [-0.4, -0.2) is 18.4 Å². The van der Waals surface area contributed by atoms with Crippen LogP contribution in [0.3, 0.4) is 0 Å². The maximum Gasteiger partial charge on any atom is 0.216 e. The van der Waals surface area contributed by atoms with Crippen molar-refractivity contribution < 1.29 is 8.42 Å². The summed E-state index contributed by atoms with van der Waals surface area (Å²) in [5, 5.41) is 1.74. The Balaban J connectivity index is 2.21. The van der Waals surface area contributed by atoms with Crippen molar-refractivity contribution in [1.82, 2.24) is 9.97 Å². The molecule has 0 N–H and O–H groups in total. The van der Waals surface area contributed by atoms with Crippen LogP contribution in [0.1, 0.15) is 0 Å². The molecule has 3 rings (SSSR count). The van der Waals surface area contributed by atoms with E-state index < -0.39 is 9.84 Å². The third kappa shape index (κ3) is 1.79. The van der Waals surface area contributed by atoms with E-state index in [0.717, 1.165) is 0 Å². The molecule has 1 aromatic carbocycles. The lowest BCUT2D eigenvalue weighted by Crippen LogP contribution is -1.99. The number of hydrogen-bond donors (Lipinski definition) is 0. The van der Waals surface area contributed by atoms with Gasteiger partial charge in [-0.3, -0.25) is 9.97 Å². The summed E-state index contributed by atoms with van der Waals surface area (Å²) in [4.78, 5) is 8.47. The molecule has 6 heteroatoms. The first-order chi connectivity index (χ1) is 8.68. The lowest BCUT2D eigenvalue weighted by atomic mass is 10.3. The van der Waals surface area contributed by atoms with Gasteiger partial charge in [0.15, 0.2) is 0 Å². The fourth-order valence-corrected chi connectivity index (χ4v) is 4.06. The van der Waals surface area contributed by atoms with Crippen LogP contribution < -0.4 is 0 Å². The van der Waals surface area contributed by atoms with Gasteiger partial charge in [-0.2, -0.15) is 0 Å². The number of thiophene rings is 1. The highest BCUT2D eigenvalue weighted by Gasteiger charge is 2.19. The second-order valence-electron chi connectivity index (χ2n) is 3.64. The van der Waals surface area contributed by atoms with Crippen LogP contribution >= 0.6 is 11.3 Å². The maximum atomic E-state index is 12.3. The normalized spacial score (nSPS) is 11.8. The molecule has 2 aromatic heterocycles. The minimum atomic E-state index is -3.44. The highest BCUT2D eigenvalue weighted by atomic mass is 32.2. The van der Waals surface area contributed by atoms with Crippen molar-refractivity contribution in [3.05, 3.63) is 48.1 Å². The van der Waals surface area contributed by atoms with Crippen LogP contribution in [0.5, 0.6) is 0 Å². The van der Waals surface area contributed by atoms with E-state index in [0.29, 0.717) is 15.2 Å². The first-order valence-electron chi connectivity index (χ1n) is 5.17. The van der Waals surface area contributed by atoms with Crippen molar-refractivity contribution in [1.29, 1.82) is 0 Å². The lowest BCUT2D eigenvalue weighted by Gasteiger charge is -2.02. The Morgan fingerprint density at radius 3 is 2.50 bits per heavy atom. The average Bonchev–Trinajstić information content (AvgIpc) is 2.92. The fourth-order valence-electron chi connectivity index (χ4n) is 1.64. The standard InChI is InChI=1S/C12H8N2O2S2/c15-18(16,12-2-1-7-17-12)9-3-4-10-11(8-9)14-6-5-13-10/h1-8H. The Kier molecular flexibility index (Phi) is 2.61. The molecule has 4 nitrogen and oxygen atoms in total. The smallest absolute Gasteiger partial charge is 0.216 e.